The smallest absolute Gasteiger partial charge is 0.264 e. The van der Waals surface area contributed by atoms with E-state index in [1.54, 1.807) is 0 Å². The maximum absolute atomic E-state index is 6.05. The fourth-order valence-electron chi connectivity index (χ4n) is 2.87. The largest absolute Gasteiger partial charge is 0.484 e. The zero-order valence-corrected chi connectivity index (χ0v) is 13.2. The van der Waals surface area contributed by atoms with Crippen LogP contribution in [0.1, 0.15) is 55.6 Å². The van der Waals surface area contributed by atoms with E-state index in [-0.39, 0.29) is 12.6 Å². The molecule has 1 unspecified atom stereocenters. The third-order valence-corrected chi connectivity index (χ3v) is 3.97. The SMILES string of the molecule is CC(C)CC(N)c1noc(COc2ccc3c(c2)CCC3)n1. The van der Waals surface area contributed by atoms with Crippen LogP contribution in [-0.2, 0) is 19.4 Å². The minimum Gasteiger partial charge on any atom is -0.484 e. The summed E-state index contributed by atoms with van der Waals surface area (Å²) in [6, 6.07) is 6.09. The topological polar surface area (TPSA) is 74.2 Å². The molecule has 2 N–H and O–H groups in total. The van der Waals surface area contributed by atoms with Gasteiger partial charge in [0, 0.05) is 0 Å². The quantitative estimate of drug-likeness (QED) is 0.887. The van der Waals surface area contributed by atoms with Crippen LogP contribution in [-0.4, -0.2) is 10.1 Å². The molecule has 0 spiro atoms. The molecule has 1 aliphatic carbocycles. The van der Waals surface area contributed by atoms with Crippen molar-refractivity contribution in [1.29, 1.82) is 0 Å². The number of hydrogen-bond donors (Lipinski definition) is 1. The number of benzene rings is 1. The Morgan fingerprint density at radius 2 is 2.09 bits per heavy atom. The van der Waals surface area contributed by atoms with Crippen LogP contribution >= 0.6 is 0 Å². The second kappa shape index (κ2) is 6.48. The van der Waals surface area contributed by atoms with Crippen LogP contribution < -0.4 is 10.5 Å². The Kier molecular flexibility index (Phi) is 4.43. The van der Waals surface area contributed by atoms with Gasteiger partial charge in [0.15, 0.2) is 12.4 Å². The molecule has 5 nitrogen and oxygen atoms in total. The highest BCUT2D eigenvalue weighted by atomic mass is 16.5. The van der Waals surface area contributed by atoms with Gasteiger partial charge in [-0.2, -0.15) is 4.98 Å². The monoisotopic (exact) mass is 301 g/mol. The Morgan fingerprint density at radius 3 is 2.91 bits per heavy atom. The third kappa shape index (κ3) is 3.47. The summed E-state index contributed by atoms with van der Waals surface area (Å²) in [6.45, 7) is 4.52. The van der Waals surface area contributed by atoms with Crippen molar-refractivity contribution in [3.8, 4) is 5.75 Å². The number of aromatic nitrogens is 2. The summed E-state index contributed by atoms with van der Waals surface area (Å²) in [5.74, 6) is 2.38. The van der Waals surface area contributed by atoms with E-state index in [9.17, 15) is 0 Å². The van der Waals surface area contributed by atoms with Crippen LogP contribution in [0.15, 0.2) is 22.7 Å². The second-order valence-corrected chi connectivity index (χ2v) is 6.36. The first-order valence-electron chi connectivity index (χ1n) is 7.94. The molecule has 3 rings (SSSR count). The average Bonchev–Trinajstić information content (AvgIpc) is 3.13. The van der Waals surface area contributed by atoms with Crippen molar-refractivity contribution in [2.45, 2.75) is 52.2 Å². The van der Waals surface area contributed by atoms with Crippen LogP contribution in [0, 0.1) is 5.92 Å². The molecule has 22 heavy (non-hydrogen) atoms. The second-order valence-electron chi connectivity index (χ2n) is 6.36. The molecule has 1 heterocycles. The summed E-state index contributed by atoms with van der Waals surface area (Å²) in [7, 11) is 0. The highest BCUT2D eigenvalue weighted by Crippen LogP contribution is 2.26. The number of nitrogens with zero attached hydrogens (tertiary/aromatic N) is 2. The molecule has 1 aliphatic rings. The van der Waals surface area contributed by atoms with E-state index in [0.717, 1.165) is 18.6 Å². The Bertz CT molecular complexity index is 637. The lowest BCUT2D eigenvalue weighted by Gasteiger charge is -2.08. The number of hydrogen-bond acceptors (Lipinski definition) is 5. The number of fused-ring (bicyclic) bond motifs is 1. The van der Waals surface area contributed by atoms with Gasteiger partial charge in [0.1, 0.15) is 5.75 Å². The van der Waals surface area contributed by atoms with Gasteiger partial charge in [0.2, 0.25) is 0 Å². The van der Waals surface area contributed by atoms with E-state index >= 15 is 0 Å². The fourth-order valence-corrected chi connectivity index (χ4v) is 2.87. The Balaban J connectivity index is 1.59. The van der Waals surface area contributed by atoms with Crippen molar-refractivity contribution in [1.82, 2.24) is 10.1 Å². The minimum atomic E-state index is -0.183. The van der Waals surface area contributed by atoms with Crippen molar-refractivity contribution in [2.75, 3.05) is 0 Å². The van der Waals surface area contributed by atoms with Gasteiger partial charge in [0.25, 0.3) is 5.89 Å². The number of rotatable bonds is 6. The molecule has 0 radical (unpaired) electrons. The van der Waals surface area contributed by atoms with Crippen LogP contribution in [0.5, 0.6) is 5.75 Å². The van der Waals surface area contributed by atoms with Crippen LogP contribution in [0.4, 0.5) is 0 Å². The maximum atomic E-state index is 6.05. The predicted molar refractivity (Wildman–Crippen MR) is 83.5 cm³/mol. The van der Waals surface area contributed by atoms with Crippen molar-refractivity contribution >= 4 is 0 Å². The molecule has 0 saturated carbocycles. The molecule has 0 aliphatic heterocycles. The molecule has 0 saturated heterocycles. The van der Waals surface area contributed by atoms with Crippen molar-refractivity contribution in [3.05, 3.63) is 41.0 Å². The molecule has 1 aromatic heterocycles. The van der Waals surface area contributed by atoms with E-state index in [4.69, 9.17) is 15.0 Å². The Labute approximate surface area is 130 Å². The molecule has 2 aromatic rings. The summed E-state index contributed by atoms with van der Waals surface area (Å²) >= 11 is 0. The third-order valence-electron chi connectivity index (χ3n) is 3.97. The predicted octanol–water partition coefficient (Wildman–Crippen LogP) is 3.18. The molecule has 118 valence electrons. The van der Waals surface area contributed by atoms with E-state index in [1.165, 1.54) is 24.0 Å². The standard InChI is InChI=1S/C17H23N3O2/c1-11(2)8-15(18)17-19-16(22-20-17)10-21-14-7-6-12-4-3-5-13(12)9-14/h6-7,9,11,15H,3-5,8,10,18H2,1-2H3. The van der Waals surface area contributed by atoms with Gasteiger partial charge >= 0.3 is 0 Å². The van der Waals surface area contributed by atoms with Gasteiger partial charge in [0.05, 0.1) is 6.04 Å². The maximum Gasteiger partial charge on any atom is 0.264 e. The lowest BCUT2D eigenvalue weighted by molar-refractivity contribution is 0.242. The summed E-state index contributed by atoms with van der Waals surface area (Å²) in [4.78, 5) is 4.32. The lowest BCUT2D eigenvalue weighted by Crippen LogP contribution is -2.14. The van der Waals surface area contributed by atoms with E-state index in [2.05, 4.69) is 36.1 Å². The number of aryl methyl sites for hydroxylation is 2. The van der Waals surface area contributed by atoms with Gasteiger partial charge in [-0.05, 0) is 54.9 Å². The van der Waals surface area contributed by atoms with E-state index in [1.807, 2.05) is 6.07 Å². The number of nitrogens with two attached hydrogens (primary N) is 1. The zero-order chi connectivity index (χ0) is 15.5. The molecular weight excluding hydrogens is 278 g/mol. The average molecular weight is 301 g/mol. The molecular formula is C17H23N3O2. The summed E-state index contributed by atoms with van der Waals surface area (Å²) < 4.78 is 11.0. The number of ether oxygens (including phenoxy) is 1. The van der Waals surface area contributed by atoms with Crippen molar-refractivity contribution < 1.29 is 9.26 Å². The molecule has 0 bridgehead atoms. The highest BCUT2D eigenvalue weighted by Gasteiger charge is 2.16. The highest BCUT2D eigenvalue weighted by molar-refractivity contribution is 5.38. The van der Waals surface area contributed by atoms with Gasteiger partial charge < -0.3 is 15.0 Å². The van der Waals surface area contributed by atoms with E-state index in [0.29, 0.717) is 17.6 Å². The summed E-state index contributed by atoms with van der Waals surface area (Å²) in [5.41, 5.74) is 8.88. The Morgan fingerprint density at radius 1 is 1.27 bits per heavy atom. The zero-order valence-electron chi connectivity index (χ0n) is 13.2. The van der Waals surface area contributed by atoms with E-state index < -0.39 is 0 Å². The van der Waals surface area contributed by atoms with Crippen molar-refractivity contribution in [2.24, 2.45) is 11.7 Å². The van der Waals surface area contributed by atoms with Crippen LogP contribution in [0.2, 0.25) is 0 Å². The van der Waals surface area contributed by atoms with Gasteiger partial charge in [-0.3, -0.25) is 0 Å². The first-order valence-corrected chi connectivity index (χ1v) is 7.94. The van der Waals surface area contributed by atoms with Crippen LogP contribution in [0.25, 0.3) is 0 Å². The first kappa shape index (κ1) is 15.0. The van der Waals surface area contributed by atoms with Gasteiger partial charge in [-0.15, -0.1) is 0 Å². The minimum absolute atomic E-state index is 0.183. The summed E-state index contributed by atoms with van der Waals surface area (Å²) in [6.07, 6.45) is 4.39. The molecule has 0 fully saturated rings. The summed E-state index contributed by atoms with van der Waals surface area (Å²) in [5, 5.41) is 3.95. The molecule has 1 aromatic carbocycles. The molecule has 1 atom stereocenters. The fraction of sp³-hybridized carbons (Fsp3) is 0.529. The van der Waals surface area contributed by atoms with Gasteiger partial charge in [-0.25, -0.2) is 0 Å². The first-order chi connectivity index (χ1) is 10.6. The van der Waals surface area contributed by atoms with Gasteiger partial charge in [-0.1, -0.05) is 25.1 Å². The molecule has 0 amide bonds. The normalized spacial score (nSPS) is 15.1. The lowest BCUT2D eigenvalue weighted by atomic mass is 10.0. The van der Waals surface area contributed by atoms with Crippen molar-refractivity contribution in [3.63, 3.8) is 0 Å². The van der Waals surface area contributed by atoms with Crippen LogP contribution in [0.3, 0.4) is 0 Å². The molecule has 5 heteroatoms. The Hall–Kier alpha value is -1.88.